The van der Waals surface area contributed by atoms with E-state index in [1.165, 1.54) is 16.4 Å². The van der Waals surface area contributed by atoms with Crippen LogP contribution in [0.3, 0.4) is 0 Å². The summed E-state index contributed by atoms with van der Waals surface area (Å²) in [4.78, 5) is 14.8. The predicted octanol–water partition coefficient (Wildman–Crippen LogP) is 3.64. The maximum absolute atomic E-state index is 12.9. The summed E-state index contributed by atoms with van der Waals surface area (Å²) in [6, 6.07) is 19.7. The summed E-state index contributed by atoms with van der Waals surface area (Å²) in [5.41, 5.74) is 0.618. The molecule has 1 aliphatic heterocycles. The average molecular weight is 415 g/mol. The van der Waals surface area contributed by atoms with Crippen LogP contribution in [0.1, 0.15) is 10.4 Å². The minimum Gasteiger partial charge on any atom is -0.336 e. The second kappa shape index (κ2) is 7.54. The van der Waals surface area contributed by atoms with Gasteiger partial charge in [-0.05, 0) is 47.2 Å². The zero-order valence-electron chi connectivity index (χ0n) is 15.1. The van der Waals surface area contributed by atoms with Gasteiger partial charge >= 0.3 is 0 Å². The van der Waals surface area contributed by atoms with Gasteiger partial charge in [-0.25, -0.2) is 8.42 Å². The first-order valence-electron chi connectivity index (χ1n) is 8.99. The standard InChI is InChI=1S/C21H19ClN2O3S/c22-19-7-9-20(10-8-19)28(26,27)24-13-11-23(12-14-24)21(25)18-6-5-16-3-1-2-4-17(16)15-18/h1-10,15H,11-14H2. The number of rotatable bonds is 3. The zero-order chi connectivity index (χ0) is 19.7. The topological polar surface area (TPSA) is 57.7 Å². The van der Waals surface area contributed by atoms with Crippen molar-refractivity contribution in [1.82, 2.24) is 9.21 Å². The fourth-order valence-corrected chi connectivity index (χ4v) is 4.94. The van der Waals surface area contributed by atoms with Gasteiger partial charge in [-0.15, -0.1) is 0 Å². The second-order valence-corrected chi connectivity index (χ2v) is 9.09. The Morgan fingerprint density at radius 3 is 2.14 bits per heavy atom. The lowest BCUT2D eigenvalue weighted by molar-refractivity contribution is 0.0698. The summed E-state index contributed by atoms with van der Waals surface area (Å²) >= 11 is 5.84. The van der Waals surface area contributed by atoms with Crippen molar-refractivity contribution in [2.24, 2.45) is 0 Å². The van der Waals surface area contributed by atoms with Crippen LogP contribution in [-0.2, 0) is 10.0 Å². The number of hydrogen-bond acceptors (Lipinski definition) is 3. The minimum atomic E-state index is -3.58. The monoisotopic (exact) mass is 414 g/mol. The van der Waals surface area contributed by atoms with Crippen LogP contribution in [0.25, 0.3) is 10.8 Å². The van der Waals surface area contributed by atoms with Crippen molar-refractivity contribution >= 4 is 38.3 Å². The van der Waals surface area contributed by atoms with Gasteiger partial charge in [0.05, 0.1) is 4.90 Å². The number of benzene rings is 3. The molecule has 144 valence electrons. The number of halogens is 1. The molecule has 0 aromatic heterocycles. The van der Waals surface area contributed by atoms with Gasteiger partial charge < -0.3 is 4.90 Å². The van der Waals surface area contributed by atoms with Gasteiger partial charge in [-0.2, -0.15) is 4.31 Å². The molecule has 0 unspecified atom stereocenters. The molecule has 28 heavy (non-hydrogen) atoms. The van der Waals surface area contributed by atoms with E-state index < -0.39 is 10.0 Å². The first-order valence-corrected chi connectivity index (χ1v) is 10.8. The molecule has 5 nitrogen and oxygen atoms in total. The van der Waals surface area contributed by atoms with Gasteiger partial charge in [0.1, 0.15) is 0 Å². The van der Waals surface area contributed by atoms with Crippen molar-refractivity contribution in [2.45, 2.75) is 4.90 Å². The lowest BCUT2D eigenvalue weighted by Crippen LogP contribution is -2.50. The third kappa shape index (κ3) is 3.63. The Balaban J connectivity index is 1.47. The highest BCUT2D eigenvalue weighted by Crippen LogP contribution is 2.21. The highest BCUT2D eigenvalue weighted by atomic mass is 35.5. The Morgan fingerprint density at radius 2 is 1.46 bits per heavy atom. The van der Waals surface area contributed by atoms with E-state index in [2.05, 4.69) is 0 Å². The number of nitrogens with zero attached hydrogens (tertiary/aromatic N) is 2. The van der Waals surface area contributed by atoms with Crippen LogP contribution >= 0.6 is 11.6 Å². The number of carbonyl (C=O) groups excluding carboxylic acids is 1. The Hall–Kier alpha value is -2.41. The van der Waals surface area contributed by atoms with Crippen LogP contribution in [0.15, 0.2) is 71.6 Å². The van der Waals surface area contributed by atoms with E-state index in [4.69, 9.17) is 11.6 Å². The smallest absolute Gasteiger partial charge is 0.253 e. The Labute approximate surface area is 169 Å². The molecular formula is C21H19ClN2O3S. The molecule has 3 aromatic carbocycles. The van der Waals surface area contributed by atoms with Crippen molar-refractivity contribution < 1.29 is 13.2 Å². The minimum absolute atomic E-state index is 0.0747. The number of sulfonamides is 1. The van der Waals surface area contributed by atoms with Gasteiger partial charge in [0, 0.05) is 36.8 Å². The van der Waals surface area contributed by atoms with Crippen LogP contribution < -0.4 is 0 Å². The van der Waals surface area contributed by atoms with Crippen molar-refractivity contribution in [2.75, 3.05) is 26.2 Å². The summed E-state index contributed by atoms with van der Waals surface area (Å²) in [6.45, 7) is 1.26. The molecule has 4 rings (SSSR count). The normalized spacial score (nSPS) is 15.7. The van der Waals surface area contributed by atoms with Crippen molar-refractivity contribution in [1.29, 1.82) is 0 Å². The maximum Gasteiger partial charge on any atom is 0.253 e. The van der Waals surface area contributed by atoms with E-state index in [-0.39, 0.29) is 23.9 Å². The Bertz CT molecular complexity index is 1120. The van der Waals surface area contributed by atoms with E-state index in [1.807, 2.05) is 42.5 Å². The number of piperazine rings is 1. The van der Waals surface area contributed by atoms with Crippen LogP contribution in [0.5, 0.6) is 0 Å². The van der Waals surface area contributed by atoms with Crippen LogP contribution in [0.2, 0.25) is 5.02 Å². The van der Waals surface area contributed by atoms with Crippen molar-refractivity contribution in [3.8, 4) is 0 Å². The molecule has 0 radical (unpaired) electrons. The first-order chi connectivity index (χ1) is 13.4. The average Bonchev–Trinajstić information content (AvgIpc) is 2.73. The Morgan fingerprint density at radius 1 is 0.821 bits per heavy atom. The molecule has 1 saturated heterocycles. The van der Waals surface area contributed by atoms with Crippen LogP contribution in [-0.4, -0.2) is 49.7 Å². The molecule has 1 fully saturated rings. The zero-order valence-corrected chi connectivity index (χ0v) is 16.7. The SMILES string of the molecule is O=C(c1ccc2ccccc2c1)N1CCN(S(=O)(=O)c2ccc(Cl)cc2)CC1. The highest BCUT2D eigenvalue weighted by Gasteiger charge is 2.30. The van der Waals surface area contributed by atoms with Crippen LogP contribution in [0, 0.1) is 0 Å². The van der Waals surface area contributed by atoms with E-state index >= 15 is 0 Å². The molecule has 3 aromatic rings. The molecule has 1 heterocycles. The summed E-state index contributed by atoms with van der Waals surface area (Å²) in [6.07, 6.45) is 0. The number of amides is 1. The predicted molar refractivity (Wildman–Crippen MR) is 110 cm³/mol. The lowest BCUT2D eigenvalue weighted by Gasteiger charge is -2.34. The second-order valence-electron chi connectivity index (χ2n) is 6.71. The third-order valence-corrected chi connectivity index (χ3v) is 7.14. The van der Waals surface area contributed by atoms with Gasteiger partial charge in [-0.3, -0.25) is 4.79 Å². The largest absolute Gasteiger partial charge is 0.336 e. The van der Waals surface area contributed by atoms with E-state index in [0.29, 0.717) is 23.7 Å². The highest BCUT2D eigenvalue weighted by molar-refractivity contribution is 7.89. The van der Waals surface area contributed by atoms with Gasteiger partial charge in [-0.1, -0.05) is 41.9 Å². The maximum atomic E-state index is 12.9. The van der Waals surface area contributed by atoms with Gasteiger partial charge in [0.25, 0.3) is 5.91 Å². The molecule has 0 N–H and O–H groups in total. The van der Waals surface area contributed by atoms with Crippen LogP contribution in [0.4, 0.5) is 0 Å². The quantitative estimate of drug-likeness (QED) is 0.657. The summed E-state index contributed by atoms with van der Waals surface area (Å²) in [5.74, 6) is -0.0747. The molecule has 1 aliphatic rings. The third-order valence-electron chi connectivity index (χ3n) is 4.97. The summed E-state index contributed by atoms with van der Waals surface area (Å²) in [5, 5.41) is 2.58. The molecular weight excluding hydrogens is 396 g/mol. The first kappa shape index (κ1) is 18.9. The molecule has 0 aliphatic carbocycles. The van der Waals surface area contributed by atoms with Crippen molar-refractivity contribution in [3.63, 3.8) is 0 Å². The Kier molecular flexibility index (Phi) is 5.10. The molecule has 0 saturated carbocycles. The fourth-order valence-electron chi connectivity index (χ4n) is 3.39. The lowest BCUT2D eigenvalue weighted by atomic mass is 10.1. The molecule has 0 spiro atoms. The summed E-state index contributed by atoms with van der Waals surface area (Å²) in [7, 11) is -3.58. The van der Waals surface area contributed by atoms with Gasteiger partial charge in [0.15, 0.2) is 0 Å². The molecule has 0 bridgehead atoms. The van der Waals surface area contributed by atoms with E-state index in [9.17, 15) is 13.2 Å². The van der Waals surface area contributed by atoms with Gasteiger partial charge in [0.2, 0.25) is 10.0 Å². The number of fused-ring (bicyclic) bond motifs is 1. The number of carbonyl (C=O) groups is 1. The van der Waals surface area contributed by atoms with Crippen molar-refractivity contribution in [3.05, 3.63) is 77.3 Å². The molecule has 7 heteroatoms. The van der Waals surface area contributed by atoms with E-state index in [0.717, 1.165) is 10.8 Å². The number of hydrogen-bond donors (Lipinski definition) is 0. The molecule has 1 amide bonds. The van der Waals surface area contributed by atoms with E-state index in [1.54, 1.807) is 17.0 Å². The molecule has 0 atom stereocenters. The fraction of sp³-hybridized carbons (Fsp3) is 0.190. The summed E-state index contributed by atoms with van der Waals surface area (Å²) < 4.78 is 27.0.